The summed E-state index contributed by atoms with van der Waals surface area (Å²) in [5, 5.41) is 13.5. The largest absolute Gasteiger partial charge is 0.479 e. The van der Waals surface area contributed by atoms with Crippen molar-refractivity contribution in [3.63, 3.8) is 0 Å². The van der Waals surface area contributed by atoms with Gasteiger partial charge in [0.05, 0.1) is 0 Å². The number of nitrogens with zero attached hydrogens (tertiary/aromatic N) is 4. The number of carbonyl (C=O) groups is 1. The first kappa shape index (κ1) is 14.3. The Morgan fingerprint density at radius 1 is 1.40 bits per heavy atom. The third kappa shape index (κ3) is 1.83. The standard InChI is InChI=1S/C12H18N4O4/c1-4-12(10(18)19)6-5-7-16(12)8-9(17)14(2)11(20)15(3)13-8/h4-7H2,1-3H3,(H,18,19). The molecule has 0 amide bonds. The van der Waals surface area contributed by atoms with Gasteiger partial charge in [0.1, 0.15) is 5.54 Å². The summed E-state index contributed by atoms with van der Waals surface area (Å²) in [6.07, 6.45) is 1.51. The van der Waals surface area contributed by atoms with E-state index in [2.05, 4.69) is 5.10 Å². The molecule has 0 aliphatic carbocycles. The van der Waals surface area contributed by atoms with Crippen LogP contribution in [0.4, 0.5) is 5.82 Å². The first-order chi connectivity index (χ1) is 9.35. The van der Waals surface area contributed by atoms with Crippen molar-refractivity contribution in [2.75, 3.05) is 11.4 Å². The van der Waals surface area contributed by atoms with Crippen molar-refractivity contribution in [2.45, 2.75) is 31.7 Å². The molecular formula is C12H18N4O4. The second-order valence-electron chi connectivity index (χ2n) is 5.04. The normalized spacial score (nSPS) is 22.2. The van der Waals surface area contributed by atoms with Gasteiger partial charge in [-0.3, -0.25) is 9.36 Å². The van der Waals surface area contributed by atoms with Crippen LogP contribution in [0.2, 0.25) is 0 Å². The van der Waals surface area contributed by atoms with Crippen molar-refractivity contribution in [1.82, 2.24) is 14.3 Å². The molecule has 8 nitrogen and oxygen atoms in total. The van der Waals surface area contributed by atoms with Crippen molar-refractivity contribution in [3.05, 3.63) is 20.8 Å². The number of rotatable bonds is 3. The van der Waals surface area contributed by atoms with Crippen LogP contribution in [0.5, 0.6) is 0 Å². The van der Waals surface area contributed by atoms with Crippen LogP contribution >= 0.6 is 0 Å². The topological polar surface area (TPSA) is 97.4 Å². The predicted molar refractivity (Wildman–Crippen MR) is 72.0 cm³/mol. The summed E-state index contributed by atoms with van der Waals surface area (Å²) < 4.78 is 2.00. The molecule has 1 N–H and O–H groups in total. The molecule has 2 rings (SSSR count). The Hall–Kier alpha value is -2.12. The lowest BCUT2D eigenvalue weighted by atomic mass is 9.93. The summed E-state index contributed by atoms with van der Waals surface area (Å²) in [6, 6.07) is 0. The summed E-state index contributed by atoms with van der Waals surface area (Å²) in [7, 11) is 2.80. The SMILES string of the molecule is CCC1(C(=O)O)CCCN1c1nn(C)c(=O)n(C)c1=O. The molecule has 1 saturated heterocycles. The molecule has 0 radical (unpaired) electrons. The van der Waals surface area contributed by atoms with Crippen LogP contribution in [0.15, 0.2) is 9.59 Å². The lowest BCUT2D eigenvalue weighted by Crippen LogP contribution is -2.54. The van der Waals surface area contributed by atoms with Gasteiger partial charge in [0.25, 0.3) is 5.56 Å². The van der Waals surface area contributed by atoms with Gasteiger partial charge >= 0.3 is 11.7 Å². The fourth-order valence-electron chi connectivity index (χ4n) is 2.78. The van der Waals surface area contributed by atoms with Gasteiger partial charge in [0, 0.05) is 20.6 Å². The van der Waals surface area contributed by atoms with Gasteiger partial charge in [-0.05, 0) is 19.3 Å². The monoisotopic (exact) mass is 282 g/mol. The molecule has 0 aromatic carbocycles. The summed E-state index contributed by atoms with van der Waals surface area (Å²) in [6.45, 7) is 2.22. The van der Waals surface area contributed by atoms with E-state index in [1.54, 1.807) is 6.92 Å². The molecule has 1 aliphatic rings. The second kappa shape index (κ2) is 4.77. The van der Waals surface area contributed by atoms with E-state index < -0.39 is 22.8 Å². The molecule has 110 valence electrons. The first-order valence-corrected chi connectivity index (χ1v) is 6.50. The van der Waals surface area contributed by atoms with Gasteiger partial charge in [0.2, 0.25) is 5.82 Å². The summed E-state index contributed by atoms with van der Waals surface area (Å²) in [5.41, 5.74) is -2.21. The number of anilines is 1. The highest BCUT2D eigenvalue weighted by Crippen LogP contribution is 2.34. The lowest BCUT2D eigenvalue weighted by molar-refractivity contribution is -0.143. The lowest BCUT2D eigenvalue weighted by Gasteiger charge is -2.34. The quantitative estimate of drug-likeness (QED) is 0.788. The van der Waals surface area contributed by atoms with Crippen LogP contribution in [0.25, 0.3) is 0 Å². The zero-order valence-corrected chi connectivity index (χ0v) is 11.8. The third-order valence-corrected chi connectivity index (χ3v) is 4.03. The molecule has 1 fully saturated rings. The zero-order chi connectivity index (χ0) is 15.1. The highest BCUT2D eigenvalue weighted by Gasteiger charge is 2.48. The van der Waals surface area contributed by atoms with Crippen LogP contribution in [0.3, 0.4) is 0 Å². The molecular weight excluding hydrogens is 264 g/mol. The zero-order valence-electron chi connectivity index (χ0n) is 11.8. The van der Waals surface area contributed by atoms with Crippen molar-refractivity contribution < 1.29 is 9.90 Å². The Kier molecular flexibility index (Phi) is 3.41. The number of hydrogen-bond acceptors (Lipinski definition) is 5. The maximum absolute atomic E-state index is 12.2. The highest BCUT2D eigenvalue weighted by atomic mass is 16.4. The molecule has 0 bridgehead atoms. The number of hydrogen-bond donors (Lipinski definition) is 1. The molecule has 20 heavy (non-hydrogen) atoms. The van der Waals surface area contributed by atoms with E-state index in [1.165, 1.54) is 19.0 Å². The average molecular weight is 282 g/mol. The van der Waals surface area contributed by atoms with Gasteiger partial charge in [0.15, 0.2) is 0 Å². The van der Waals surface area contributed by atoms with E-state index in [4.69, 9.17) is 0 Å². The van der Waals surface area contributed by atoms with Crippen LogP contribution in [-0.4, -0.2) is 37.5 Å². The van der Waals surface area contributed by atoms with Gasteiger partial charge in [-0.15, -0.1) is 5.10 Å². The van der Waals surface area contributed by atoms with Crippen LogP contribution < -0.4 is 16.1 Å². The molecule has 1 unspecified atom stereocenters. The molecule has 8 heteroatoms. The van der Waals surface area contributed by atoms with E-state index in [9.17, 15) is 19.5 Å². The highest BCUT2D eigenvalue weighted by molar-refractivity contribution is 5.83. The summed E-state index contributed by atoms with van der Waals surface area (Å²) >= 11 is 0. The van der Waals surface area contributed by atoms with Crippen LogP contribution in [0, 0.1) is 0 Å². The molecule has 0 spiro atoms. The van der Waals surface area contributed by atoms with Crippen LogP contribution in [0.1, 0.15) is 26.2 Å². The molecule has 1 atom stereocenters. The minimum Gasteiger partial charge on any atom is -0.479 e. The second-order valence-corrected chi connectivity index (χ2v) is 5.04. The van der Waals surface area contributed by atoms with Crippen molar-refractivity contribution in [1.29, 1.82) is 0 Å². The van der Waals surface area contributed by atoms with Crippen LogP contribution in [-0.2, 0) is 18.9 Å². The van der Waals surface area contributed by atoms with Crippen molar-refractivity contribution >= 4 is 11.8 Å². The first-order valence-electron chi connectivity index (χ1n) is 6.50. The van der Waals surface area contributed by atoms with Gasteiger partial charge < -0.3 is 10.0 Å². The maximum atomic E-state index is 12.2. The predicted octanol–water partition coefficient (Wildman–Crippen LogP) is -0.687. The molecule has 1 aromatic rings. The number of aromatic nitrogens is 3. The maximum Gasteiger partial charge on any atom is 0.346 e. The average Bonchev–Trinajstić information content (AvgIpc) is 2.85. The van der Waals surface area contributed by atoms with E-state index in [-0.39, 0.29) is 5.82 Å². The minimum atomic E-state index is -1.11. The van der Waals surface area contributed by atoms with E-state index in [0.29, 0.717) is 25.8 Å². The fourth-order valence-corrected chi connectivity index (χ4v) is 2.78. The van der Waals surface area contributed by atoms with Gasteiger partial charge in [-0.1, -0.05) is 6.92 Å². The Morgan fingerprint density at radius 3 is 2.60 bits per heavy atom. The van der Waals surface area contributed by atoms with E-state index in [1.807, 2.05) is 0 Å². The summed E-state index contributed by atoms with van der Waals surface area (Å²) in [4.78, 5) is 37.0. The molecule has 1 aromatic heterocycles. The Labute approximate surface area is 115 Å². The molecule has 1 aliphatic heterocycles. The number of carboxylic acids is 1. The Morgan fingerprint density at radius 2 is 2.05 bits per heavy atom. The van der Waals surface area contributed by atoms with Gasteiger partial charge in [-0.25, -0.2) is 14.3 Å². The minimum absolute atomic E-state index is 0.0244. The van der Waals surface area contributed by atoms with Crippen molar-refractivity contribution in [3.8, 4) is 0 Å². The van der Waals surface area contributed by atoms with E-state index >= 15 is 0 Å². The smallest absolute Gasteiger partial charge is 0.346 e. The molecule has 0 saturated carbocycles. The fraction of sp³-hybridized carbons (Fsp3) is 0.667. The number of aliphatic carboxylic acids is 1. The van der Waals surface area contributed by atoms with Gasteiger partial charge in [-0.2, -0.15) is 0 Å². The Bertz CT molecular complexity index is 662. The summed E-state index contributed by atoms with van der Waals surface area (Å²) in [5.74, 6) is -0.938. The number of carboxylic acid groups (broad SMARTS) is 1. The third-order valence-electron chi connectivity index (χ3n) is 4.03. The van der Waals surface area contributed by atoms with E-state index in [0.717, 1.165) is 9.25 Å². The number of aryl methyl sites for hydroxylation is 1. The Balaban J connectivity index is 2.65. The molecule has 2 heterocycles. The van der Waals surface area contributed by atoms with Crippen molar-refractivity contribution in [2.24, 2.45) is 14.1 Å².